The van der Waals surface area contributed by atoms with E-state index in [-0.39, 0.29) is 6.04 Å². The number of benzene rings is 2. The second-order valence-electron chi connectivity index (χ2n) is 4.48. The number of nitrogens with zero attached hydrogens (tertiary/aromatic N) is 1. The number of rotatable bonds is 3. The van der Waals surface area contributed by atoms with E-state index in [4.69, 9.17) is 0 Å². The van der Waals surface area contributed by atoms with Crippen molar-refractivity contribution >= 4 is 6.21 Å². The fourth-order valence-corrected chi connectivity index (χ4v) is 1.77. The molecule has 0 bridgehead atoms. The summed E-state index contributed by atoms with van der Waals surface area (Å²) in [5.74, 6) is 0. The first kappa shape index (κ1) is 14.3. The molecule has 104 valence electrons. The van der Waals surface area contributed by atoms with Crippen molar-refractivity contribution in [3.8, 4) is 0 Å². The Balaban J connectivity index is 2.08. The maximum atomic E-state index is 12.4. The first-order chi connectivity index (χ1) is 9.47. The molecule has 20 heavy (non-hydrogen) atoms. The summed E-state index contributed by atoms with van der Waals surface area (Å²) >= 11 is 0. The third-order valence-corrected chi connectivity index (χ3v) is 2.97. The van der Waals surface area contributed by atoms with Gasteiger partial charge in [0.1, 0.15) is 0 Å². The molecule has 2 rings (SSSR count). The first-order valence-electron chi connectivity index (χ1n) is 6.22. The third kappa shape index (κ3) is 3.70. The highest BCUT2D eigenvalue weighted by Crippen LogP contribution is 2.28. The molecule has 2 aromatic rings. The van der Waals surface area contributed by atoms with Crippen LogP contribution in [-0.2, 0) is 6.18 Å². The van der Waals surface area contributed by atoms with Gasteiger partial charge in [-0.3, -0.25) is 4.99 Å². The molecule has 0 amide bonds. The zero-order chi connectivity index (χ0) is 14.6. The quantitative estimate of drug-likeness (QED) is 0.709. The lowest BCUT2D eigenvalue weighted by molar-refractivity contribution is -0.137. The van der Waals surface area contributed by atoms with Crippen molar-refractivity contribution in [2.24, 2.45) is 4.99 Å². The molecule has 0 fully saturated rings. The van der Waals surface area contributed by atoms with Gasteiger partial charge in [0.2, 0.25) is 0 Å². The minimum absolute atomic E-state index is 0.0292. The predicted molar refractivity (Wildman–Crippen MR) is 73.9 cm³/mol. The van der Waals surface area contributed by atoms with E-state index >= 15 is 0 Å². The second-order valence-corrected chi connectivity index (χ2v) is 4.48. The zero-order valence-corrected chi connectivity index (χ0v) is 10.9. The first-order valence-corrected chi connectivity index (χ1v) is 6.22. The number of alkyl halides is 3. The van der Waals surface area contributed by atoms with Gasteiger partial charge in [-0.15, -0.1) is 0 Å². The van der Waals surface area contributed by atoms with E-state index in [2.05, 4.69) is 4.99 Å². The molecule has 1 atom stereocenters. The Labute approximate surface area is 115 Å². The van der Waals surface area contributed by atoms with Crippen LogP contribution < -0.4 is 0 Å². The topological polar surface area (TPSA) is 12.4 Å². The Kier molecular flexibility index (Phi) is 4.23. The number of aliphatic imine (C=N–C) groups is 1. The van der Waals surface area contributed by atoms with E-state index in [1.807, 2.05) is 37.3 Å². The molecule has 0 aromatic heterocycles. The lowest BCUT2D eigenvalue weighted by atomic mass is 10.1. The summed E-state index contributed by atoms with van der Waals surface area (Å²) in [5.41, 5.74) is 1.07. The summed E-state index contributed by atoms with van der Waals surface area (Å²) in [5, 5.41) is 0. The largest absolute Gasteiger partial charge is 0.416 e. The van der Waals surface area contributed by atoms with Gasteiger partial charge in [0.15, 0.2) is 0 Å². The molecule has 0 aliphatic rings. The Bertz CT molecular complexity index is 571. The number of halogens is 3. The van der Waals surface area contributed by atoms with Crippen LogP contribution in [0.5, 0.6) is 0 Å². The minimum atomic E-state index is -4.30. The summed E-state index contributed by atoms with van der Waals surface area (Å²) in [6, 6.07) is 14.7. The van der Waals surface area contributed by atoms with Gasteiger partial charge in [0, 0.05) is 6.21 Å². The summed E-state index contributed by atoms with van der Waals surface area (Å²) in [6.45, 7) is 1.94. The van der Waals surface area contributed by atoms with Crippen molar-refractivity contribution in [3.05, 3.63) is 71.3 Å². The molecule has 0 radical (unpaired) electrons. The van der Waals surface area contributed by atoms with Gasteiger partial charge in [-0.25, -0.2) is 0 Å². The molecule has 2 aromatic carbocycles. The standard InChI is InChI=1S/C16H14F3N/c1-12(14-5-3-2-4-6-14)20-11-13-7-9-15(10-8-13)16(17,18)19/h2-12H,1H3/t12-/m0/s1. The van der Waals surface area contributed by atoms with Crippen molar-refractivity contribution in [1.82, 2.24) is 0 Å². The maximum Gasteiger partial charge on any atom is 0.416 e. The monoisotopic (exact) mass is 277 g/mol. The highest BCUT2D eigenvalue weighted by molar-refractivity contribution is 5.79. The second kappa shape index (κ2) is 5.90. The van der Waals surface area contributed by atoms with E-state index in [1.54, 1.807) is 6.21 Å². The van der Waals surface area contributed by atoms with Crippen LogP contribution in [0.15, 0.2) is 59.6 Å². The Morgan fingerprint density at radius 3 is 2.10 bits per heavy atom. The summed E-state index contributed by atoms with van der Waals surface area (Å²) in [6.07, 6.45) is -2.70. The molecular weight excluding hydrogens is 263 g/mol. The van der Waals surface area contributed by atoms with Gasteiger partial charge in [0.25, 0.3) is 0 Å². The summed E-state index contributed by atoms with van der Waals surface area (Å²) in [4.78, 5) is 4.35. The molecule has 0 saturated carbocycles. The average molecular weight is 277 g/mol. The molecular formula is C16H14F3N. The molecule has 0 saturated heterocycles. The maximum absolute atomic E-state index is 12.4. The van der Waals surface area contributed by atoms with Gasteiger partial charge >= 0.3 is 6.18 Å². The van der Waals surface area contributed by atoms with E-state index < -0.39 is 11.7 Å². The SMILES string of the molecule is C[C@H](N=Cc1ccc(C(F)(F)F)cc1)c1ccccc1. The van der Waals surface area contributed by atoms with Crippen molar-refractivity contribution in [3.63, 3.8) is 0 Å². The van der Waals surface area contributed by atoms with E-state index in [1.165, 1.54) is 12.1 Å². The van der Waals surface area contributed by atoms with Crippen LogP contribution in [0.3, 0.4) is 0 Å². The van der Waals surface area contributed by atoms with Crippen LogP contribution in [0.2, 0.25) is 0 Å². The average Bonchev–Trinajstić information content (AvgIpc) is 2.45. The van der Waals surface area contributed by atoms with Crippen LogP contribution >= 0.6 is 0 Å². The Morgan fingerprint density at radius 1 is 0.950 bits per heavy atom. The van der Waals surface area contributed by atoms with Crippen LogP contribution in [0.25, 0.3) is 0 Å². The van der Waals surface area contributed by atoms with E-state index in [0.717, 1.165) is 17.7 Å². The van der Waals surface area contributed by atoms with Crippen molar-refractivity contribution in [2.45, 2.75) is 19.1 Å². The van der Waals surface area contributed by atoms with Crippen molar-refractivity contribution < 1.29 is 13.2 Å². The minimum Gasteiger partial charge on any atom is -0.285 e. The molecule has 0 spiro atoms. The Hall–Kier alpha value is -2.10. The molecule has 0 aliphatic carbocycles. The Morgan fingerprint density at radius 2 is 1.55 bits per heavy atom. The van der Waals surface area contributed by atoms with Crippen LogP contribution in [-0.4, -0.2) is 6.21 Å². The fourth-order valence-electron chi connectivity index (χ4n) is 1.77. The smallest absolute Gasteiger partial charge is 0.285 e. The highest BCUT2D eigenvalue weighted by Gasteiger charge is 2.29. The third-order valence-electron chi connectivity index (χ3n) is 2.97. The number of hydrogen-bond donors (Lipinski definition) is 0. The van der Waals surface area contributed by atoms with Crippen molar-refractivity contribution in [1.29, 1.82) is 0 Å². The fraction of sp³-hybridized carbons (Fsp3) is 0.188. The van der Waals surface area contributed by atoms with Crippen LogP contribution in [0, 0.1) is 0 Å². The van der Waals surface area contributed by atoms with Gasteiger partial charge in [-0.05, 0) is 30.2 Å². The van der Waals surface area contributed by atoms with Crippen LogP contribution in [0.4, 0.5) is 13.2 Å². The van der Waals surface area contributed by atoms with E-state index in [9.17, 15) is 13.2 Å². The van der Waals surface area contributed by atoms with Crippen molar-refractivity contribution in [2.75, 3.05) is 0 Å². The molecule has 1 nitrogen and oxygen atoms in total. The molecule has 0 unspecified atom stereocenters. The van der Waals surface area contributed by atoms with Gasteiger partial charge < -0.3 is 0 Å². The zero-order valence-electron chi connectivity index (χ0n) is 10.9. The molecule has 0 aliphatic heterocycles. The lowest BCUT2D eigenvalue weighted by Gasteiger charge is -2.07. The predicted octanol–water partition coefficient (Wildman–Crippen LogP) is 4.89. The summed E-state index contributed by atoms with van der Waals surface area (Å²) < 4.78 is 37.3. The normalized spacial score (nSPS) is 13.6. The van der Waals surface area contributed by atoms with Gasteiger partial charge in [-0.2, -0.15) is 13.2 Å². The molecule has 0 heterocycles. The van der Waals surface area contributed by atoms with Gasteiger partial charge in [0.05, 0.1) is 11.6 Å². The molecule has 0 N–H and O–H groups in total. The summed E-state index contributed by atoms with van der Waals surface area (Å²) in [7, 11) is 0. The van der Waals surface area contributed by atoms with E-state index in [0.29, 0.717) is 5.56 Å². The highest BCUT2D eigenvalue weighted by atomic mass is 19.4. The lowest BCUT2D eigenvalue weighted by Crippen LogP contribution is -2.04. The molecule has 4 heteroatoms. The number of hydrogen-bond acceptors (Lipinski definition) is 1. The van der Waals surface area contributed by atoms with Gasteiger partial charge in [-0.1, -0.05) is 42.5 Å². The van der Waals surface area contributed by atoms with Crippen LogP contribution in [0.1, 0.15) is 29.7 Å².